The Bertz CT molecular complexity index is 592. The summed E-state index contributed by atoms with van der Waals surface area (Å²) < 4.78 is 11.3. The van der Waals surface area contributed by atoms with Crippen LogP contribution in [0.4, 0.5) is 4.79 Å². The molecule has 2 heterocycles. The second-order valence-corrected chi connectivity index (χ2v) is 7.04. The van der Waals surface area contributed by atoms with Crippen molar-refractivity contribution in [2.45, 2.75) is 51.3 Å². The van der Waals surface area contributed by atoms with E-state index in [0.717, 1.165) is 18.4 Å². The summed E-state index contributed by atoms with van der Waals surface area (Å²) in [5, 5.41) is 0. The van der Waals surface area contributed by atoms with E-state index in [4.69, 9.17) is 14.5 Å². The molecule has 0 aromatic heterocycles. The van der Waals surface area contributed by atoms with E-state index in [1.807, 2.05) is 39.0 Å². The van der Waals surface area contributed by atoms with Gasteiger partial charge in [-0.1, -0.05) is 30.3 Å². The van der Waals surface area contributed by atoms with E-state index in [-0.39, 0.29) is 18.2 Å². The number of benzene rings is 1. The van der Waals surface area contributed by atoms with Gasteiger partial charge in [0, 0.05) is 6.54 Å². The van der Waals surface area contributed by atoms with E-state index in [2.05, 4.69) is 12.1 Å². The van der Waals surface area contributed by atoms with E-state index in [1.54, 1.807) is 4.90 Å². The Labute approximate surface area is 137 Å². The Balaban J connectivity index is 1.72. The molecule has 1 amide bonds. The molecule has 2 aliphatic heterocycles. The topological polar surface area (TPSA) is 51.1 Å². The predicted octanol–water partition coefficient (Wildman–Crippen LogP) is 3.56. The highest BCUT2D eigenvalue weighted by atomic mass is 16.6. The SMILES string of the molecule is CC(C)(C)OC(=O)N1CCC[C@H]1C1=NC(c2ccccc2)CO1. The van der Waals surface area contributed by atoms with Crippen LogP contribution >= 0.6 is 0 Å². The van der Waals surface area contributed by atoms with E-state index in [1.165, 1.54) is 0 Å². The number of hydrogen-bond donors (Lipinski definition) is 0. The molecule has 0 N–H and O–H groups in total. The Morgan fingerprint density at radius 3 is 2.74 bits per heavy atom. The minimum Gasteiger partial charge on any atom is -0.477 e. The molecule has 5 nitrogen and oxygen atoms in total. The summed E-state index contributed by atoms with van der Waals surface area (Å²) in [6.07, 6.45) is 1.54. The fourth-order valence-electron chi connectivity index (χ4n) is 2.98. The van der Waals surface area contributed by atoms with E-state index < -0.39 is 5.60 Å². The molecule has 1 aromatic rings. The summed E-state index contributed by atoms with van der Waals surface area (Å²) in [4.78, 5) is 18.8. The fraction of sp³-hybridized carbons (Fsp3) is 0.556. The first kappa shape index (κ1) is 15.8. The number of rotatable bonds is 2. The Morgan fingerprint density at radius 2 is 2.04 bits per heavy atom. The molecule has 2 aliphatic rings. The number of carbonyl (C=O) groups excluding carboxylic acids is 1. The van der Waals surface area contributed by atoms with Gasteiger partial charge < -0.3 is 9.47 Å². The molecule has 124 valence electrons. The maximum absolute atomic E-state index is 12.4. The van der Waals surface area contributed by atoms with Crippen LogP contribution in [0.1, 0.15) is 45.2 Å². The quantitative estimate of drug-likeness (QED) is 0.838. The highest BCUT2D eigenvalue weighted by Crippen LogP contribution is 2.29. The van der Waals surface area contributed by atoms with Crippen LogP contribution in [0.15, 0.2) is 35.3 Å². The second kappa shape index (κ2) is 6.22. The van der Waals surface area contributed by atoms with E-state index >= 15 is 0 Å². The van der Waals surface area contributed by atoms with Gasteiger partial charge in [0.2, 0.25) is 5.90 Å². The van der Waals surface area contributed by atoms with Crippen molar-refractivity contribution in [2.75, 3.05) is 13.2 Å². The van der Waals surface area contributed by atoms with Crippen molar-refractivity contribution < 1.29 is 14.3 Å². The van der Waals surface area contributed by atoms with Gasteiger partial charge in [-0.2, -0.15) is 0 Å². The fourth-order valence-corrected chi connectivity index (χ4v) is 2.98. The second-order valence-electron chi connectivity index (χ2n) is 7.04. The standard InChI is InChI=1S/C18H24N2O3/c1-18(2,3)23-17(21)20-11-7-10-15(20)16-19-14(12-22-16)13-8-5-4-6-9-13/h4-6,8-9,14-15H,7,10-12H2,1-3H3/t14?,15-/m0/s1. The van der Waals surface area contributed by atoms with Crippen molar-refractivity contribution in [3.63, 3.8) is 0 Å². The Hall–Kier alpha value is -2.04. The van der Waals surface area contributed by atoms with Crippen LogP contribution in [0.25, 0.3) is 0 Å². The first-order chi connectivity index (χ1) is 10.9. The highest BCUT2D eigenvalue weighted by Gasteiger charge is 2.38. The first-order valence-corrected chi connectivity index (χ1v) is 8.19. The van der Waals surface area contributed by atoms with Gasteiger partial charge in [-0.25, -0.2) is 9.79 Å². The van der Waals surface area contributed by atoms with Crippen molar-refractivity contribution in [1.82, 2.24) is 4.90 Å². The number of ether oxygens (including phenoxy) is 2. The lowest BCUT2D eigenvalue weighted by Gasteiger charge is -2.28. The summed E-state index contributed by atoms with van der Waals surface area (Å²) >= 11 is 0. The third kappa shape index (κ3) is 3.66. The number of nitrogens with zero attached hydrogens (tertiary/aromatic N) is 2. The van der Waals surface area contributed by atoms with Gasteiger partial charge in [-0.05, 0) is 39.2 Å². The highest BCUT2D eigenvalue weighted by molar-refractivity contribution is 5.87. The third-order valence-electron chi connectivity index (χ3n) is 4.02. The van der Waals surface area contributed by atoms with Gasteiger partial charge >= 0.3 is 6.09 Å². The number of carbonyl (C=O) groups is 1. The average Bonchev–Trinajstić information content (AvgIpc) is 3.15. The minimum absolute atomic E-state index is 0.0206. The molecule has 1 fully saturated rings. The summed E-state index contributed by atoms with van der Waals surface area (Å²) in [7, 11) is 0. The van der Waals surface area contributed by atoms with Crippen molar-refractivity contribution in [3.8, 4) is 0 Å². The van der Waals surface area contributed by atoms with Crippen molar-refractivity contribution >= 4 is 12.0 Å². The molecule has 1 unspecified atom stereocenters. The van der Waals surface area contributed by atoms with Crippen LogP contribution in [0.2, 0.25) is 0 Å². The minimum atomic E-state index is -0.491. The van der Waals surface area contributed by atoms with Gasteiger partial charge in [0.1, 0.15) is 24.3 Å². The molecule has 1 aromatic carbocycles. The summed E-state index contributed by atoms with van der Waals surface area (Å²) in [6.45, 7) is 6.87. The maximum atomic E-state index is 12.4. The van der Waals surface area contributed by atoms with Crippen molar-refractivity contribution in [3.05, 3.63) is 35.9 Å². The molecule has 0 spiro atoms. The molecule has 23 heavy (non-hydrogen) atoms. The largest absolute Gasteiger partial charge is 0.477 e. The van der Waals surface area contributed by atoms with Gasteiger partial charge in [0.15, 0.2) is 0 Å². The van der Waals surface area contributed by atoms with Crippen LogP contribution < -0.4 is 0 Å². The average molecular weight is 316 g/mol. The molecule has 0 saturated carbocycles. The molecule has 0 radical (unpaired) electrons. The van der Waals surface area contributed by atoms with E-state index in [0.29, 0.717) is 19.0 Å². The Kier molecular flexibility index (Phi) is 4.28. The lowest BCUT2D eigenvalue weighted by molar-refractivity contribution is 0.0254. The summed E-state index contributed by atoms with van der Waals surface area (Å²) in [5.41, 5.74) is 0.652. The molecule has 1 saturated heterocycles. The van der Waals surface area contributed by atoms with E-state index in [9.17, 15) is 4.79 Å². The maximum Gasteiger partial charge on any atom is 0.410 e. The van der Waals surface area contributed by atoms with Crippen LogP contribution in [0.5, 0.6) is 0 Å². The summed E-state index contributed by atoms with van der Waals surface area (Å²) in [6, 6.07) is 10.0. The predicted molar refractivity (Wildman–Crippen MR) is 88.5 cm³/mol. The van der Waals surface area contributed by atoms with Crippen molar-refractivity contribution in [2.24, 2.45) is 4.99 Å². The molecular weight excluding hydrogens is 292 g/mol. The smallest absolute Gasteiger partial charge is 0.410 e. The van der Waals surface area contributed by atoms with Crippen LogP contribution in [0.3, 0.4) is 0 Å². The zero-order valence-corrected chi connectivity index (χ0v) is 14.0. The molecule has 0 bridgehead atoms. The molecule has 0 aliphatic carbocycles. The lowest BCUT2D eigenvalue weighted by atomic mass is 10.1. The van der Waals surface area contributed by atoms with Crippen LogP contribution in [-0.4, -0.2) is 41.7 Å². The normalized spacial score (nSPS) is 24.3. The molecule has 2 atom stereocenters. The number of amides is 1. The third-order valence-corrected chi connectivity index (χ3v) is 4.02. The van der Waals surface area contributed by atoms with Gasteiger partial charge in [-0.3, -0.25) is 4.90 Å². The molecule has 5 heteroatoms. The summed E-state index contributed by atoms with van der Waals surface area (Å²) in [5.74, 6) is 0.669. The lowest BCUT2D eigenvalue weighted by Crippen LogP contribution is -2.43. The molecular formula is C18H24N2O3. The number of hydrogen-bond acceptors (Lipinski definition) is 4. The number of likely N-dealkylation sites (tertiary alicyclic amines) is 1. The van der Waals surface area contributed by atoms with Crippen molar-refractivity contribution in [1.29, 1.82) is 0 Å². The van der Waals surface area contributed by atoms with Crippen LogP contribution in [0, 0.1) is 0 Å². The Morgan fingerprint density at radius 1 is 1.30 bits per heavy atom. The molecule has 3 rings (SSSR count). The zero-order chi connectivity index (χ0) is 16.4. The van der Waals surface area contributed by atoms with Gasteiger partial charge in [-0.15, -0.1) is 0 Å². The monoisotopic (exact) mass is 316 g/mol. The zero-order valence-electron chi connectivity index (χ0n) is 14.0. The first-order valence-electron chi connectivity index (χ1n) is 8.19. The van der Waals surface area contributed by atoms with Gasteiger partial charge in [0.05, 0.1) is 0 Å². The van der Waals surface area contributed by atoms with Crippen LogP contribution in [-0.2, 0) is 9.47 Å². The number of aliphatic imine (C=N–C) groups is 1. The van der Waals surface area contributed by atoms with Gasteiger partial charge in [0.25, 0.3) is 0 Å².